The van der Waals surface area contributed by atoms with E-state index in [9.17, 15) is 4.79 Å². The van der Waals surface area contributed by atoms with E-state index in [1.54, 1.807) is 29.5 Å². The Bertz CT molecular complexity index is 394. The number of hydrogen-bond acceptors (Lipinski definition) is 6. The molecule has 7 heteroatoms. The zero-order valence-corrected chi connectivity index (χ0v) is 12.5. The molecule has 1 N–H and O–H groups in total. The van der Waals surface area contributed by atoms with Gasteiger partial charge in [0, 0.05) is 44.2 Å². The maximum atomic E-state index is 12.4. The molecule has 1 atom stereocenters. The average molecular weight is 299 g/mol. The van der Waals surface area contributed by atoms with E-state index in [0.717, 1.165) is 18.2 Å². The number of nitrogens with zero attached hydrogens (tertiary/aromatic N) is 2. The number of thiazole rings is 1. The quantitative estimate of drug-likeness (QED) is 0.794. The highest BCUT2D eigenvalue weighted by Gasteiger charge is 2.21. The molecule has 0 radical (unpaired) electrons. The van der Waals surface area contributed by atoms with Crippen LogP contribution in [0.5, 0.6) is 0 Å². The van der Waals surface area contributed by atoms with E-state index in [0.29, 0.717) is 32.7 Å². The molecule has 1 amide bonds. The number of methoxy groups -OCH3 is 1. The fourth-order valence-electron chi connectivity index (χ4n) is 2.08. The Kier molecular flexibility index (Phi) is 6.38. The van der Waals surface area contributed by atoms with Crippen LogP contribution in [-0.4, -0.2) is 61.9 Å². The third-order valence-corrected chi connectivity index (χ3v) is 3.91. The van der Waals surface area contributed by atoms with Gasteiger partial charge in [-0.2, -0.15) is 0 Å². The predicted molar refractivity (Wildman–Crippen MR) is 76.6 cm³/mol. The van der Waals surface area contributed by atoms with Gasteiger partial charge in [-0.25, -0.2) is 4.98 Å². The molecule has 0 bridgehead atoms. The topological polar surface area (TPSA) is 63.7 Å². The van der Waals surface area contributed by atoms with Crippen molar-refractivity contribution in [3.05, 3.63) is 16.6 Å². The maximum Gasteiger partial charge on any atom is 0.224 e. The molecule has 0 spiro atoms. The number of carbonyl (C=O) groups excluding carboxylic acids is 1. The van der Waals surface area contributed by atoms with Crippen LogP contribution in [0.25, 0.3) is 0 Å². The summed E-state index contributed by atoms with van der Waals surface area (Å²) in [5, 5.41) is 6.17. The van der Waals surface area contributed by atoms with Crippen molar-refractivity contribution in [1.29, 1.82) is 0 Å². The Labute approximate surface area is 123 Å². The number of amides is 1. The first kappa shape index (κ1) is 15.4. The summed E-state index contributed by atoms with van der Waals surface area (Å²) in [5.74, 6) is 0.111. The Hall–Kier alpha value is -1.02. The predicted octanol–water partition coefficient (Wildman–Crippen LogP) is 0.497. The van der Waals surface area contributed by atoms with Gasteiger partial charge in [0.05, 0.1) is 26.4 Å². The van der Waals surface area contributed by atoms with Crippen molar-refractivity contribution >= 4 is 17.2 Å². The van der Waals surface area contributed by atoms with Gasteiger partial charge in [0.1, 0.15) is 5.01 Å². The van der Waals surface area contributed by atoms with Crippen LogP contribution in [0.15, 0.2) is 11.6 Å². The lowest BCUT2D eigenvalue weighted by molar-refractivity contribution is -0.133. The van der Waals surface area contributed by atoms with Crippen LogP contribution in [0.2, 0.25) is 0 Å². The summed E-state index contributed by atoms with van der Waals surface area (Å²) in [4.78, 5) is 18.4. The molecule has 0 unspecified atom stereocenters. The number of rotatable bonds is 7. The highest BCUT2D eigenvalue weighted by Crippen LogP contribution is 2.11. The molecule has 0 saturated carbocycles. The summed E-state index contributed by atoms with van der Waals surface area (Å²) in [7, 11) is 1.64. The summed E-state index contributed by atoms with van der Waals surface area (Å²) in [6, 6.07) is 0.109. The molecular formula is C13H21N3O3S. The number of hydrogen-bond donors (Lipinski definition) is 1. The van der Waals surface area contributed by atoms with Gasteiger partial charge in [-0.15, -0.1) is 11.3 Å². The molecule has 1 aromatic rings. The minimum absolute atomic E-state index is 0.109. The zero-order chi connectivity index (χ0) is 14.2. The van der Waals surface area contributed by atoms with Crippen molar-refractivity contribution in [3.63, 3.8) is 0 Å². The van der Waals surface area contributed by atoms with Crippen LogP contribution in [0.1, 0.15) is 11.4 Å². The van der Waals surface area contributed by atoms with Crippen LogP contribution in [-0.2, 0) is 20.8 Å². The third-order valence-electron chi connectivity index (χ3n) is 3.15. The highest BCUT2D eigenvalue weighted by molar-refractivity contribution is 7.09. The van der Waals surface area contributed by atoms with Crippen LogP contribution < -0.4 is 5.32 Å². The van der Waals surface area contributed by atoms with Gasteiger partial charge in [-0.05, 0) is 0 Å². The van der Waals surface area contributed by atoms with Crippen molar-refractivity contribution < 1.29 is 14.3 Å². The SMILES string of the molecule is COCCN(Cc1nccs1)C(=O)C[C@@H]1COCCN1. The summed E-state index contributed by atoms with van der Waals surface area (Å²) < 4.78 is 10.5. The van der Waals surface area contributed by atoms with E-state index < -0.39 is 0 Å². The summed E-state index contributed by atoms with van der Waals surface area (Å²) in [6.07, 6.45) is 2.21. The summed E-state index contributed by atoms with van der Waals surface area (Å²) >= 11 is 1.56. The molecule has 2 rings (SSSR count). The van der Waals surface area contributed by atoms with E-state index in [2.05, 4.69) is 10.3 Å². The largest absolute Gasteiger partial charge is 0.383 e. The van der Waals surface area contributed by atoms with Gasteiger partial charge in [0.2, 0.25) is 5.91 Å². The van der Waals surface area contributed by atoms with Crippen molar-refractivity contribution in [1.82, 2.24) is 15.2 Å². The Balaban J connectivity index is 1.88. The van der Waals surface area contributed by atoms with Crippen molar-refractivity contribution in [3.8, 4) is 0 Å². The van der Waals surface area contributed by atoms with Gasteiger partial charge in [0.15, 0.2) is 0 Å². The van der Waals surface area contributed by atoms with Gasteiger partial charge in [0.25, 0.3) is 0 Å². The van der Waals surface area contributed by atoms with Crippen molar-refractivity contribution in [2.75, 3.05) is 40.0 Å². The second-order valence-corrected chi connectivity index (χ2v) is 5.64. The molecule has 1 fully saturated rings. The van der Waals surface area contributed by atoms with E-state index in [4.69, 9.17) is 9.47 Å². The third kappa shape index (κ3) is 4.82. The number of nitrogens with one attached hydrogen (secondary N) is 1. The average Bonchev–Trinajstić information content (AvgIpc) is 2.97. The molecule has 1 aliphatic heterocycles. The molecule has 1 aliphatic rings. The standard InChI is InChI=1S/C13H21N3O3S/c1-18-6-4-16(9-12-15-3-7-20-12)13(17)8-11-10-19-5-2-14-11/h3,7,11,14H,2,4-6,8-10H2,1H3/t11-/m1/s1. The lowest BCUT2D eigenvalue weighted by Gasteiger charge is -2.27. The zero-order valence-electron chi connectivity index (χ0n) is 11.7. The summed E-state index contributed by atoms with van der Waals surface area (Å²) in [6.45, 7) is 3.79. The van der Waals surface area contributed by atoms with Gasteiger partial charge >= 0.3 is 0 Å². The Morgan fingerprint density at radius 2 is 2.60 bits per heavy atom. The number of morpholine rings is 1. The number of carbonyl (C=O) groups is 1. The number of aromatic nitrogens is 1. The fourth-order valence-corrected chi connectivity index (χ4v) is 2.71. The Morgan fingerprint density at radius 3 is 3.25 bits per heavy atom. The van der Waals surface area contributed by atoms with Crippen molar-refractivity contribution in [2.45, 2.75) is 19.0 Å². The van der Waals surface area contributed by atoms with Crippen LogP contribution in [0, 0.1) is 0 Å². The van der Waals surface area contributed by atoms with Gasteiger partial charge in [-0.3, -0.25) is 4.79 Å². The smallest absolute Gasteiger partial charge is 0.224 e. The first-order chi connectivity index (χ1) is 9.79. The van der Waals surface area contributed by atoms with Gasteiger partial charge in [-0.1, -0.05) is 0 Å². The van der Waals surface area contributed by atoms with E-state index in [-0.39, 0.29) is 11.9 Å². The second-order valence-electron chi connectivity index (χ2n) is 4.66. The molecule has 20 heavy (non-hydrogen) atoms. The highest BCUT2D eigenvalue weighted by atomic mass is 32.1. The van der Waals surface area contributed by atoms with E-state index >= 15 is 0 Å². The van der Waals surface area contributed by atoms with Gasteiger partial charge < -0.3 is 19.7 Å². The van der Waals surface area contributed by atoms with E-state index in [1.165, 1.54) is 0 Å². The van der Waals surface area contributed by atoms with Crippen LogP contribution in [0.3, 0.4) is 0 Å². The lowest BCUT2D eigenvalue weighted by Crippen LogP contribution is -2.45. The first-order valence-corrected chi connectivity index (χ1v) is 7.63. The minimum atomic E-state index is 0.109. The fraction of sp³-hybridized carbons (Fsp3) is 0.692. The van der Waals surface area contributed by atoms with E-state index in [1.807, 2.05) is 5.38 Å². The number of ether oxygens (including phenoxy) is 2. The van der Waals surface area contributed by atoms with Crippen molar-refractivity contribution in [2.24, 2.45) is 0 Å². The Morgan fingerprint density at radius 1 is 1.70 bits per heavy atom. The van der Waals surface area contributed by atoms with Crippen LogP contribution in [0.4, 0.5) is 0 Å². The normalized spacial score (nSPS) is 18.9. The molecule has 1 saturated heterocycles. The second kappa shape index (κ2) is 8.31. The molecule has 0 aliphatic carbocycles. The maximum absolute atomic E-state index is 12.4. The monoisotopic (exact) mass is 299 g/mol. The minimum Gasteiger partial charge on any atom is -0.383 e. The van der Waals surface area contributed by atoms with Crippen LogP contribution >= 0.6 is 11.3 Å². The molecule has 0 aromatic carbocycles. The first-order valence-electron chi connectivity index (χ1n) is 6.76. The molecule has 1 aromatic heterocycles. The molecule has 6 nitrogen and oxygen atoms in total. The molecular weight excluding hydrogens is 278 g/mol. The molecule has 112 valence electrons. The molecule has 2 heterocycles. The lowest BCUT2D eigenvalue weighted by atomic mass is 10.2. The summed E-state index contributed by atoms with van der Waals surface area (Å²) in [5.41, 5.74) is 0.